The van der Waals surface area contributed by atoms with E-state index in [4.69, 9.17) is 14.2 Å². The Morgan fingerprint density at radius 3 is 2.59 bits per heavy atom. The van der Waals surface area contributed by atoms with Crippen LogP contribution < -0.4 is 15.4 Å². The van der Waals surface area contributed by atoms with Gasteiger partial charge in [-0.05, 0) is 80.0 Å². The predicted molar refractivity (Wildman–Crippen MR) is 218 cm³/mol. The maximum atomic E-state index is 14.4. The highest BCUT2D eigenvalue weighted by atomic mass is 19.1. The van der Waals surface area contributed by atoms with Gasteiger partial charge in [0.2, 0.25) is 5.91 Å². The maximum absolute atomic E-state index is 14.4. The number of nitrogens with zero attached hydrogens (tertiary/aromatic N) is 3. The number of aromatic hydroxyl groups is 1. The monoisotopic (exact) mass is 817 g/mol. The summed E-state index contributed by atoms with van der Waals surface area (Å²) in [6, 6.07) is 15.2. The number of rotatable bonds is 16. The van der Waals surface area contributed by atoms with Gasteiger partial charge in [0.1, 0.15) is 23.1 Å². The Kier molecular flexibility index (Phi) is 14.5. The summed E-state index contributed by atoms with van der Waals surface area (Å²) in [6.07, 6.45) is 8.78. The number of nitrogens with one attached hydrogen (secondary N) is 2. The van der Waals surface area contributed by atoms with Crippen molar-refractivity contribution in [1.82, 2.24) is 20.0 Å². The van der Waals surface area contributed by atoms with Crippen LogP contribution >= 0.6 is 0 Å². The molecule has 2 saturated heterocycles. The van der Waals surface area contributed by atoms with Crippen molar-refractivity contribution >= 4 is 23.4 Å². The van der Waals surface area contributed by atoms with Crippen LogP contribution in [0.2, 0.25) is 0 Å². The normalized spacial score (nSPS) is 18.3. The number of morpholine rings is 1. The molecule has 0 aromatic heterocycles. The number of phenolic OH excluding ortho intramolecular Hbond substituents is 1. The third-order valence-corrected chi connectivity index (χ3v) is 12.1. The van der Waals surface area contributed by atoms with Crippen molar-refractivity contribution in [3.05, 3.63) is 88.5 Å². The first-order chi connectivity index (χ1) is 28.7. The summed E-state index contributed by atoms with van der Waals surface area (Å²) in [7, 11) is 0. The molecule has 1 saturated carbocycles. The molecule has 3 heterocycles. The topological polar surface area (TPSA) is 133 Å². The van der Waals surface area contributed by atoms with Gasteiger partial charge in [-0.2, -0.15) is 0 Å². The number of halogens is 2. The number of fused-ring (bicyclic) bond motifs is 1. The first kappa shape index (κ1) is 42.5. The minimum atomic E-state index is -0.845. The van der Waals surface area contributed by atoms with Gasteiger partial charge in [-0.3, -0.25) is 19.3 Å². The average molecular weight is 818 g/mol. The molecule has 318 valence electrons. The molecule has 3 N–H and O–H groups in total. The average Bonchev–Trinajstić information content (AvgIpc) is 3.24. The second kappa shape index (κ2) is 20.1. The Balaban J connectivity index is 0.814. The molecule has 1 aliphatic carbocycles. The van der Waals surface area contributed by atoms with Crippen LogP contribution in [0.4, 0.5) is 14.5 Å². The van der Waals surface area contributed by atoms with E-state index in [-0.39, 0.29) is 35.8 Å². The number of hydrogen-bond donors (Lipinski definition) is 3. The Morgan fingerprint density at radius 2 is 1.78 bits per heavy atom. The van der Waals surface area contributed by atoms with Gasteiger partial charge in [-0.15, -0.1) is 0 Å². The van der Waals surface area contributed by atoms with E-state index in [1.165, 1.54) is 23.6 Å². The minimum Gasteiger partial charge on any atom is -0.506 e. The van der Waals surface area contributed by atoms with E-state index in [2.05, 4.69) is 39.8 Å². The smallest absolute Gasteiger partial charge is 0.262 e. The van der Waals surface area contributed by atoms with Gasteiger partial charge in [-0.1, -0.05) is 49.6 Å². The Bertz CT molecular complexity index is 1930. The second-order valence-corrected chi connectivity index (χ2v) is 16.3. The summed E-state index contributed by atoms with van der Waals surface area (Å²) in [5.74, 6) is -1.65. The largest absolute Gasteiger partial charge is 0.506 e. The third kappa shape index (κ3) is 11.2. The SMILES string of the molecule is O=C1COc2c(CCNCCN(C(=O)CCOCCc3cccc(CN4CCC5(CC4)CN(C(=O)c4ccc(F)cc4F)CCO5)c3)C3CCCCC3)ccc(O)c2N1. The van der Waals surface area contributed by atoms with Gasteiger partial charge < -0.3 is 39.8 Å². The van der Waals surface area contributed by atoms with Crippen molar-refractivity contribution in [2.24, 2.45) is 0 Å². The zero-order valence-electron chi connectivity index (χ0n) is 33.8. The number of carbonyl (C=O) groups excluding carboxylic acids is 3. The molecule has 12 nitrogen and oxygen atoms in total. The molecule has 0 atom stereocenters. The molecule has 14 heteroatoms. The molecule has 3 amide bonds. The molecule has 0 bridgehead atoms. The molecule has 59 heavy (non-hydrogen) atoms. The van der Waals surface area contributed by atoms with Crippen LogP contribution in [0.3, 0.4) is 0 Å². The van der Waals surface area contributed by atoms with E-state index in [0.29, 0.717) is 76.8 Å². The van der Waals surface area contributed by atoms with E-state index in [9.17, 15) is 28.3 Å². The zero-order valence-corrected chi connectivity index (χ0v) is 33.8. The number of benzene rings is 3. The van der Waals surface area contributed by atoms with Crippen LogP contribution in [-0.4, -0.2) is 121 Å². The number of likely N-dealkylation sites (tertiary alicyclic amines) is 1. The summed E-state index contributed by atoms with van der Waals surface area (Å²) < 4.78 is 45.7. The van der Waals surface area contributed by atoms with E-state index in [1.54, 1.807) is 11.0 Å². The van der Waals surface area contributed by atoms with Crippen molar-refractivity contribution in [3.63, 3.8) is 0 Å². The number of carbonyl (C=O) groups is 3. The van der Waals surface area contributed by atoms with Crippen LogP contribution in [-0.2, 0) is 38.4 Å². The standard InChI is InChI=1S/C45H57F2N5O7/c46-35-10-11-37(38(47)28-35)44(56)51-23-26-59-45(31-51)16-20-50(21-17-45)29-33-6-4-5-32(27-33)14-24-57-25-15-41(55)52(36-7-2-1-3-8-36)22-19-48-18-13-34-9-12-39(53)42-43(34)58-30-40(54)49-42/h4-6,9-12,27-28,36,48,53H,1-3,7-8,13-26,29-31H2,(H,49,54). The summed E-state index contributed by atoms with van der Waals surface area (Å²) >= 11 is 0. The van der Waals surface area contributed by atoms with Crippen molar-refractivity contribution in [3.8, 4) is 11.5 Å². The van der Waals surface area contributed by atoms with Crippen molar-refractivity contribution in [2.45, 2.75) is 82.4 Å². The van der Waals surface area contributed by atoms with Crippen LogP contribution in [0, 0.1) is 11.6 Å². The van der Waals surface area contributed by atoms with E-state index < -0.39 is 23.1 Å². The van der Waals surface area contributed by atoms with E-state index >= 15 is 0 Å². The van der Waals surface area contributed by atoms with Crippen LogP contribution in [0.1, 0.15) is 78.4 Å². The van der Waals surface area contributed by atoms with Gasteiger partial charge in [0.25, 0.3) is 11.8 Å². The lowest BCUT2D eigenvalue weighted by Gasteiger charge is -2.47. The van der Waals surface area contributed by atoms with Crippen LogP contribution in [0.15, 0.2) is 54.6 Å². The first-order valence-electron chi connectivity index (χ1n) is 21.2. The fourth-order valence-electron chi connectivity index (χ4n) is 8.87. The van der Waals surface area contributed by atoms with E-state index in [1.807, 2.05) is 11.0 Å². The number of phenols is 1. The maximum Gasteiger partial charge on any atom is 0.262 e. The molecular formula is C45H57F2N5O7. The quantitative estimate of drug-likeness (QED) is 0.128. The number of anilines is 1. The highest BCUT2D eigenvalue weighted by Crippen LogP contribution is 2.39. The molecule has 0 unspecified atom stereocenters. The summed E-state index contributed by atoms with van der Waals surface area (Å²) in [4.78, 5) is 44.4. The lowest BCUT2D eigenvalue weighted by Crippen LogP contribution is -2.58. The fraction of sp³-hybridized carbons (Fsp3) is 0.533. The van der Waals surface area contributed by atoms with Gasteiger partial charge in [0.05, 0.1) is 44.0 Å². The molecular weight excluding hydrogens is 761 g/mol. The highest BCUT2D eigenvalue weighted by molar-refractivity contribution is 5.97. The number of hydrogen-bond acceptors (Lipinski definition) is 9. The Hall–Kier alpha value is -4.63. The van der Waals surface area contributed by atoms with E-state index in [0.717, 1.165) is 82.3 Å². The molecule has 4 aliphatic rings. The Labute approximate surface area is 345 Å². The second-order valence-electron chi connectivity index (χ2n) is 16.3. The molecule has 3 fully saturated rings. The number of amides is 3. The minimum absolute atomic E-state index is 0.0162. The van der Waals surface area contributed by atoms with Crippen molar-refractivity contribution in [2.75, 3.05) is 77.6 Å². The molecule has 1 spiro atoms. The van der Waals surface area contributed by atoms with Crippen molar-refractivity contribution < 1.29 is 42.5 Å². The summed E-state index contributed by atoms with van der Waals surface area (Å²) in [5, 5.41) is 16.3. The van der Waals surface area contributed by atoms with Gasteiger partial charge in [-0.25, -0.2) is 8.78 Å². The van der Waals surface area contributed by atoms with Gasteiger partial charge in [0.15, 0.2) is 12.4 Å². The molecule has 3 aromatic rings. The van der Waals surface area contributed by atoms with Gasteiger partial charge >= 0.3 is 0 Å². The third-order valence-electron chi connectivity index (χ3n) is 12.1. The Morgan fingerprint density at radius 1 is 0.966 bits per heavy atom. The number of piperidine rings is 1. The van der Waals surface area contributed by atoms with Crippen LogP contribution in [0.5, 0.6) is 11.5 Å². The molecule has 3 aliphatic heterocycles. The van der Waals surface area contributed by atoms with Crippen molar-refractivity contribution in [1.29, 1.82) is 0 Å². The molecule has 0 radical (unpaired) electrons. The lowest BCUT2D eigenvalue weighted by atomic mass is 9.88. The van der Waals surface area contributed by atoms with Gasteiger partial charge in [0, 0.05) is 51.4 Å². The highest BCUT2D eigenvalue weighted by Gasteiger charge is 2.41. The number of ether oxygens (including phenoxy) is 3. The van der Waals surface area contributed by atoms with Crippen LogP contribution in [0.25, 0.3) is 0 Å². The summed E-state index contributed by atoms with van der Waals surface area (Å²) in [5.41, 5.74) is 3.02. The first-order valence-corrected chi connectivity index (χ1v) is 21.2. The lowest BCUT2D eigenvalue weighted by molar-refractivity contribution is -0.135. The fourth-order valence-corrected chi connectivity index (χ4v) is 8.87. The zero-order chi connectivity index (χ0) is 41.2. The summed E-state index contributed by atoms with van der Waals surface area (Å²) in [6.45, 7) is 6.31. The predicted octanol–water partition coefficient (Wildman–Crippen LogP) is 5.45. The molecule has 3 aromatic carbocycles. The molecule has 7 rings (SSSR count).